The highest BCUT2D eigenvalue weighted by Crippen LogP contribution is 2.13. The van der Waals surface area contributed by atoms with E-state index in [9.17, 15) is 18.4 Å². The second-order valence-electron chi connectivity index (χ2n) is 5.26. The van der Waals surface area contributed by atoms with Crippen LogP contribution >= 0.6 is 0 Å². The molecule has 0 atom stereocenters. The van der Waals surface area contributed by atoms with E-state index in [-0.39, 0.29) is 23.1 Å². The summed E-state index contributed by atoms with van der Waals surface area (Å²) in [6, 6.07) is 2.79. The van der Waals surface area contributed by atoms with Gasteiger partial charge in [0.1, 0.15) is 23.0 Å². The molecule has 0 heterocycles. The molecule has 8 heteroatoms. The molecule has 0 bridgehead atoms. The van der Waals surface area contributed by atoms with Crippen LogP contribution in [-0.4, -0.2) is 30.2 Å². The van der Waals surface area contributed by atoms with Crippen LogP contribution in [0.4, 0.5) is 8.78 Å². The van der Waals surface area contributed by atoms with E-state index in [0.717, 1.165) is 18.2 Å². The third-order valence-electron chi connectivity index (χ3n) is 2.83. The lowest BCUT2D eigenvalue weighted by atomic mass is 10.1. The molecule has 0 fully saturated rings. The standard InChI is InChI=1S/C16H19F2N3O3/c1-8(2)21-15(20)13(9(3)19)16(23)24-7-12(22)14-10(17)5-4-6-11(14)18/h4-6,8H,7,19H2,1-3H3,(H2,20,21). The zero-order valence-electron chi connectivity index (χ0n) is 13.6. The van der Waals surface area contributed by atoms with Crippen molar-refractivity contribution in [3.63, 3.8) is 0 Å². The van der Waals surface area contributed by atoms with Crippen molar-refractivity contribution >= 4 is 17.6 Å². The number of aliphatic imine (C=N–C) groups is 1. The number of esters is 1. The van der Waals surface area contributed by atoms with Gasteiger partial charge in [-0.15, -0.1) is 0 Å². The van der Waals surface area contributed by atoms with Crippen molar-refractivity contribution in [2.45, 2.75) is 26.8 Å². The molecule has 0 unspecified atom stereocenters. The van der Waals surface area contributed by atoms with Crippen molar-refractivity contribution in [1.82, 2.24) is 0 Å². The molecule has 24 heavy (non-hydrogen) atoms. The summed E-state index contributed by atoms with van der Waals surface area (Å²) in [6.45, 7) is 4.04. The molecule has 6 nitrogen and oxygen atoms in total. The molecule has 1 aromatic rings. The third-order valence-corrected chi connectivity index (χ3v) is 2.83. The Morgan fingerprint density at radius 1 is 1.21 bits per heavy atom. The van der Waals surface area contributed by atoms with Crippen molar-refractivity contribution in [2.75, 3.05) is 6.61 Å². The fraction of sp³-hybridized carbons (Fsp3) is 0.312. The van der Waals surface area contributed by atoms with Crippen LogP contribution in [-0.2, 0) is 9.53 Å². The monoisotopic (exact) mass is 339 g/mol. The first kappa shape index (κ1) is 19.3. The van der Waals surface area contributed by atoms with E-state index in [1.54, 1.807) is 13.8 Å². The number of amidine groups is 1. The number of Topliss-reactive ketones (excluding diaryl/α,β-unsaturated/α-hetero) is 1. The molecule has 1 aromatic carbocycles. The topological polar surface area (TPSA) is 108 Å². The Kier molecular flexibility index (Phi) is 6.58. The number of rotatable bonds is 6. The molecule has 0 saturated carbocycles. The molecule has 130 valence electrons. The van der Waals surface area contributed by atoms with Crippen molar-refractivity contribution < 1.29 is 23.1 Å². The van der Waals surface area contributed by atoms with Gasteiger partial charge in [-0.3, -0.25) is 9.79 Å². The Labute approximate surface area is 138 Å². The van der Waals surface area contributed by atoms with Gasteiger partial charge in [0, 0.05) is 11.7 Å². The third kappa shape index (κ3) is 4.87. The zero-order chi connectivity index (χ0) is 18.4. The van der Waals surface area contributed by atoms with Crippen LogP contribution < -0.4 is 11.5 Å². The van der Waals surface area contributed by atoms with Crippen LogP contribution in [0.25, 0.3) is 0 Å². The summed E-state index contributed by atoms with van der Waals surface area (Å²) in [7, 11) is 0. The highest BCUT2D eigenvalue weighted by molar-refractivity contribution is 6.19. The molecule has 0 aliphatic heterocycles. The summed E-state index contributed by atoms with van der Waals surface area (Å²) in [6.07, 6.45) is 0. The Bertz CT molecular complexity index is 688. The molecule has 0 amide bonds. The Morgan fingerprint density at radius 2 is 1.75 bits per heavy atom. The Hall–Kier alpha value is -2.77. The molecule has 0 aliphatic rings. The van der Waals surface area contributed by atoms with Crippen molar-refractivity contribution in [1.29, 1.82) is 0 Å². The summed E-state index contributed by atoms with van der Waals surface area (Å²) in [5.41, 5.74) is 10.4. The number of hydrogen-bond donors (Lipinski definition) is 2. The van der Waals surface area contributed by atoms with Gasteiger partial charge in [0.05, 0.1) is 5.56 Å². The molecule has 0 radical (unpaired) electrons. The Morgan fingerprint density at radius 3 is 2.21 bits per heavy atom. The summed E-state index contributed by atoms with van der Waals surface area (Å²) in [4.78, 5) is 27.9. The average molecular weight is 339 g/mol. The van der Waals surface area contributed by atoms with Gasteiger partial charge >= 0.3 is 5.97 Å². The first-order chi connectivity index (χ1) is 11.1. The number of carbonyl (C=O) groups excluding carboxylic acids is 2. The maximum Gasteiger partial charge on any atom is 0.344 e. The van der Waals surface area contributed by atoms with Crippen LogP contribution in [0.2, 0.25) is 0 Å². The summed E-state index contributed by atoms with van der Waals surface area (Å²) in [5, 5.41) is 0. The summed E-state index contributed by atoms with van der Waals surface area (Å²) >= 11 is 0. The largest absolute Gasteiger partial charge is 0.454 e. The highest BCUT2D eigenvalue weighted by atomic mass is 19.1. The van der Waals surface area contributed by atoms with Gasteiger partial charge in [-0.1, -0.05) is 6.07 Å². The lowest BCUT2D eigenvalue weighted by Crippen LogP contribution is -2.28. The number of benzene rings is 1. The van der Waals surface area contributed by atoms with E-state index in [1.807, 2.05) is 0 Å². The van der Waals surface area contributed by atoms with Crippen LogP contribution in [0.1, 0.15) is 31.1 Å². The van der Waals surface area contributed by atoms with Gasteiger partial charge in [-0.05, 0) is 32.9 Å². The number of hydrogen-bond acceptors (Lipinski definition) is 5. The van der Waals surface area contributed by atoms with Crippen molar-refractivity contribution in [3.8, 4) is 0 Å². The number of nitrogens with zero attached hydrogens (tertiary/aromatic N) is 1. The molecule has 0 saturated heterocycles. The van der Waals surface area contributed by atoms with E-state index in [1.165, 1.54) is 6.92 Å². The number of ether oxygens (including phenoxy) is 1. The lowest BCUT2D eigenvalue weighted by Gasteiger charge is -2.11. The number of ketones is 1. The van der Waals surface area contributed by atoms with E-state index in [0.29, 0.717) is 0 Å². The minimum Gasteiger partial charge on any atom is -0.454 e. The lowest BCUT2D eigenvalue weighted by molar-refractivity contribution is -0.137. The molecule has 1 rings (SSSR count). The minimum atomic E-state index is -1.04. The second-order valence-corrected chi connectivity index (χ2v) is 5.26. The summed E-state index contributed by atoms with van der Waals surface area (Å²) < 4.78 is 31.8. The number of carbonyl (C=O) groups is 2. The molecule has 0 aliphatic carbocycles. The number of nitrogens with two attached hydrogens (primary N) is 2. The molecule has 0 spiro atoms. The number of halogens is 2. The molecule has 0 aromatic heterocycles. The zero-order valence-corrected chi connectivity index (χ0v) is 13.6. The van der Waals surface area contributed by atoms with Crippen LogP contribution in [0, 0.1) is 11.6 Å². The van der Waals surface area contributed by atoms with Gasteiger partial charge in [-0.25, -0.2) is 13.6 Å². The first-order valence-corrected chi connectivity index (χ1v) is 7.09. The van der Waals surface area contributed by atoms with Crippen molar-refractivity contribution in [3.05, 3.63) is 46.7 Å². The quantitative estimate of drug-likeness (QED) is 0.270. The predicted molar refractivity (Wildman–Crippen MR) is 85.3 cm³/mol. The maximum atomic E-state index is 13.5. The van der Waals surface area contributed by atoms with E-state index in [2.05, 4.69) is 4.99 Å². The van der Waals surface area contributed by atoms with Crippen molar-refractivity contribution in [2.24, 2.45) is 16.5 Å². The molecular formula is C16H19F2N3O3. The number of allylic oxidation sites excluding steroid dienone is 1. The Balaban J connectivity index is 2.91. The van der Waals surface area contributed by atoms with Gasteiger partial charge in [-0.2, -0.15) is 0 Å². The van der Waals surface area contributed by atoms with Gasteiger partial charge in [0.25, 0.3) is 0 Å². The van der Waals surface area contributed by atoms with Gasteiger partial charge < -0.3 is 16.2 Å². The SMILES string of the molecule is CC(N)=C(C(=O)OCC(=O)c1c(F)cccc1F)C(N)=NC(C)C. The van der Waals surface area contributed by atoms with E-state index < -0.39 is 35.6 Å². The molecular weight excluding hydrogens is 320 g/mol. The normalized spacial score (nSPS) is 12.8. The smallest absolute Gasteiger partial charge is 0.344 e. The van der Waals surface area contributed by atoms with Crippen LogP contribution in [0.3, 0.4) is 0 Å². The fourth-order valence-corrected chi connectivity index (χ4v) is 1.85. The van der Waals surface area contributed by atoms with Gasteiger partial charge in [0.2, 0.25) is 5.78 Å². The van der Waals surface area contributed by atoms with E-state index in [4.69, 9.17) is 16.2 Å². The van der Waals surface area contributed by atoms with E-state index >= 15 is 0 Å². The van der Waals surface area contributed by atoms with Gasteiger partial charge in [0.15, 0.2) is 6.61 Å². The average Bonchev–Trinajstić information content (AvgIpc) is 2.43. The first-order valence-electron chi connectivity index (χ1n) is 7.09. The summed E-state index contributed by atoms with van der Waals surface area (Å²) in [5.74, 6) is -4.24. The maximum absolute atomic E-state index is 13.5. The molecule has 4 N–H and O–H groups in total. The predicted octanol–water partition coefficient (Wildman–Crippen LogP) is 1.69. The van der Waals surface area contributed by atoms with Crippen LogP contribution in [0.15, 0.2) is 34.5 Å². The fourth-order valence-electron chi connectivity index (χ4n) is 1.85. The highest BCUT2D eigenvalue weighted by Gasteiger charge is 2.22. The second kappa shape index (κ2) is 8.19. The van der Waals surface area contributed by atoms with Crippen LogP contribution in [0.5, 0.6) is 0 Å². The minimum absolute atomic E-state index is 0.0476.